The highest BCUT2D eigenvalue weighted by atomic mass is 32.1. The van der Waals surface area contributed by atoms with Gasteiger partial charge < -0.3 is 5.73 Å². The Morgan fingerprint density at radius 1 is 0.950 bits per heavy atom. The first kappa shape index (κ1) is 12.9. The van der Waals surface area contributed by atoms with Crippen molar-refractivity contribution < 1.29 is 0 Å². The number of rotatable bonds is 2. The fourth-order valence-electron chi connectivity index (χ4n) is 2.18. The molecule has 100 valence electrons. The molecule has 0 unspecified atom stereocenters. The third-order valence-electron chi connectivity index (χ3n) is 3.31. The first-order valence-electron chi connectivity index (χ1n) is 6.54. The average Bonchev–Trinajstić information content (AvgIpc) is 2.82. The van der Waals surface area contributed by atoms with Crippen molar-refractivity contribution in [1.29, 1.82) is 0 Å². The second-order valence-electron chi connectivity index (χ2n) is 4.88. The van der Waals surface area contributed by atoms with Gasteiger partial charge in [0.1, 0.15) is 5.01 Å². The number of thiazole rings is 1. The smallest absolute Gasteiger partial charge is 0.126 e. The lowest BCUT2D eigenvalue weighted by atomic mass is 10.1. The summed E-state index contributed by atoms with van der Waals surface area (Å²) in [5.41, 5.74) is 11.3. The Labute approximate surface area is 122 Å². The molecule has 0 aliphatic carbocycles. The van der Waals surface area contributed by atoms with Gasteiger partial charge in [-0.3, -0.25) is 0 Å². The van der Waals surface area contributed by atoms with Crippen molar-refractivity contribution in [2.45, 2.75) is 13.8 Å². The predicted molar refractivity (Wildman–Crippen MR) is 86.9 cm³/mol. The summed E-state index contributed by atoms with van der Waals surface area (Å²) in [5.74, 6) is 0. The van der Waals surface area contributed by atoms with Gasteiger partial charge in [0.05, 0.1) is 5.69 Å². The molecule has 0 radical (unpaired) electrons. The van der Waals surface area contributed by atoms with Crippen LogP contribution in [0, 0.1) is 13.8 Å². The molecule has 0 bridgehead atoms. The number of nitrogens with zero attached hydrogens (tertiary/aromatic N) is 1. The van der Waals surface area contributed by atoms with Crippen LogP contribution in [0.2, 0.25) is 0 Å². The number of nitrogens with two attached hydrogens (primary N) is 1. The Hall–Kier alpha value is -2.13. The van der Waals surface area contributed by atoms with E-state index in [1.165, 1.54) is 10.4 Å². The largest absolute Gasteiger partial charge is 0.398 e. The summed E-state index contributed by atoms with van der Waals surface area (Å²) in [6, 6.07) is 16.3. The summed E-state index contributed by atoms with van der Waals surface area (Å²) in [7, 11) is 0. The SMILES string of the molecule is Cc1ccc(-c2nc(-c3ccccc3N)sc2C)cc1. The average molecular weight is 280 g/mol. The Morgan fingerprint density at radius 3 is 2.35 bits per heavy atom. The molecule has 0 saturated carbocycles. The van der Waals surface area contributed by atoms with E-state index in [4.69, 9.17) is 10.7 Å². The molecule has 0 aliphatic heterocycles. The van der Waals surface area contributed by atoms with Crippen molar-refractivity contribution in [3.63, 3.8) is 0 Å². The fraction of sp³-hybridized carbons (Fsp3) is 0.118. The van der Waals surface area contributed by atoms with Crippen LogP contribution in [0.25, 0.3) is 21.8 Å². The minimum absolute atomic E-state index is 0.775. The number of anilines is 1. The monoisotopic (exact) mass is 280 g/mol. The maximum atomic E-state index is 6.04. The molecule has 3 heteroatoms. The molecule has 0 amide bonds. The summed E-state index contributed by atoms with van der Waals surface area (Å²) in [6.45, 7) is 4.20. The van der Waals surface area contributed by atoms with Crippen LogP contribution in [-0.4, -0.2) is 4.98 Å². The zero-order valence-corrected chi connectivity index (χ0v) is 12.4. The van der Waals surface area contributed by atoms with Crippen LogP contribution in [0.5, 0.6) is 0 Å². The van der Waals surface area contributed by atoms with Crippen LogP contribution < -0.4 is 5.73 Å². The van der Waals surface area contributed by atoms with Gasteiger partial charge in [-0.2, -0.15) is 0 Å². The van der Waals surface area contributed by atoms with Gasteiger partial charge in [-0.05, 0) is 26.0 Å². The van der Waals surface area contributed by atoms with Gasteiger partial charge in [0.25, 0.3) is 0 Å². The summed E-state index contributed by atoms with van der Waals surface area (Å²) < 4.78 is 0. The van der Waals surface area contributed by atoms with E-state index in [-0.39, 0.29) is 0 Å². The zero-order chi connectivity index (χ0) is 14.1. The normalized spacial score (nSPS) is 10.7. The van der Waals surface area contributed by atoms with Crippen molar-refractivity contribution in [2.24, 2.45) is 0 Å². The van der Waals surface area contributed by atoms with Gasteiger partial charge in [0.2, 0.25) is 0 Å². The molecule has 0 saturated heterocycles. The highest BCUT2D eigenvalue weighted by Gasteiger charge is 2.12. The van der Waals surface area contributed by atoms with Crippen LogP contribution in [0.3, 0.4) is 0 Å². The number of hydrogen-bond acceptors (Lipinski definition) is 3. The number of para-hydroxylation sites is 1. The minimum Gasteiger partial charge on any atom is -0.398 e. The van der Waals surface area contributed by atoms with Gasteiger partial charge in [-0.15, -0.1) is 11.3 Å². The van der Waals surface area contributed by atoms with E-state index in [2.05, 4.69) is 38.1 Å². The van der Waals surface area contributed by atoms with Crippen LogP contribution >= 0.6 is 11.3 Å². The summed E-state index contributed by atoms with van der Waals surface area (Å²) in [5, 5.41) is 0.983. The van der Waals surface area contributed by atoms with Crippen LogP contribution in [0.1, 0.15) is 10.4 Å². The Morgan fingerprint density at radius 2 is 1.65 bits per heavy atom. The van der Waals surface area contributed by atoms with Crippen LogP contribution in [0.15, 0.2) is 48.5 Å². The van der Waals surface area contributed by atoms with Crippen molar-refractivity contribution in [1.82, 2.24) is 4.98 Å². The summed E-state index contributed by atoms with van der Waals surface area (Å²) >= 11 is 1.69. The van der Waals surface area contributed by atoms with Gasteiger partial charge in [-0.25, -0.2) is 4.98 Å². The topological polar surface area (TPSA) is 38.9 Å². The Bertz CT molecular complexity index is 742. The van der Waals surface area contributed by atoms with E-state index >= 15 is 0 Å². The van der Waals surface area contributed by atoms with E-state index in [9.17, 15) is 0 Å². The lowest BCUT2D eigenvalue weighted by Gasteiger charge is -2.01. The quantitative estimate of drug-likeness (QED) is 0.692. The molecule has 3 rings (SSSR count). The molecule has 0 fully saturated rings. The zero-order valence-electron chi connectivity index (χ0n) is 11.6. The predicted octanol–water partition coefficient (Wildman–Crippen LogP) is 4.68. The van der Waals surface area contributed by atoms with Crippen molar-refractivity contribution >= 4 is 17.0 Å². The van der Waals surface area contributed by atoms with Crippen molar-refractivity contribution in [3.05, 3.63) is 59.0 Å². The minimum atomic E-state index is 0.775. The molecule has 3 aromatic rings. The van der Waals surface area contributed by atoms with Crippen LogP contribution in [-0.2, 0) is 0 Å². The van der Waals surface area contributed by atoms with E-state index < -0.39 is 0 Å². The number of aryl methyl sites for hydroxylation is 2. The van der Waals surface area contributed by atoms with E-state index in [1.54, 1.807) is 11.3 Å². The molecule has 0 spiro atoms. The molecule has 2 N–H and O–H groups in total. The van der Waals surface area contributed by atoms with E-state index in [0.29, 0.717) is 0 Å². The van der Waals surface area contributed by atoms with Gasteiger partial charge >= 0.3 is 0 Å². The second-order valence-corrected chi connectivity index (χ2v) is 6.08. The lowest BCUT2D eigenvalue weighted by Crippen LogP contribution is -1.88. The Kier molecular flexibility index (Phi) is 3.28. The molecular formula is C17H16N2S. The third-order valence-corrected chi connectivity index (χ3v) is 4.32. The molecule has 1 heterocycles. The first-order chi connectivity index (χ1) is 9.65. The molecule has 1 aromatic heterocycles. The molecule has 20 heavy (non-hydrogen) atoms. The van der Waals surface area contributed by atoms with Crippen molar-refractivity contribution in [3.8, 4) is 21.8 Å². The van der Waals surface area contributed by atoms with E-state index in [1.807, 2.05) is 24.3 Å². The van der Waals surface area contributed by atoms with Gasteiger partial charge in [0, 0.05) is 21.7 Å². The maximum absolute atomic E-state index is 6.04. The number of hydrogen-bond donors (Lipinski definition) is 1. The van der Waals surface area contributed by atoms with Crippen LogP contribution in [0.4, 0.5) is 5.69 Å². The molecule has 2 aromatic carbocycles. The third kappa shape index (κ3) is 2.32. The maximum Gasteiger partial charge on any atom is 0.126 e. The highest BCUT2D eigenvalue weighted by Crippen LogP contribution is 2.35. The number of nitrogen functional groups attached to an aromatic ring is 1. The fourth-order valence-corrected chi connectivity index (χ4v) is 3.17. The van der Waals surface area contributed by atoms with E-state index in [0.717, 1.165) is 27.5 Å². The first-order valence-corrected chi connectivity index (χ1v) is 7.36. The molecule has 0 aliphatic rings. The highest BCUT2D eigenvalue weighted by molar-refractivity contribution is 7.15. The Balaban J connectivity index is 2.08. The standard InChI is InChI=1S/C17H16N2S/c1-11-7-9-13(10-8-11)16-12(2)20-17(19-16)14-5-3-4-6-15(14)18/h3-10H,18H2,1-2H3. The number of aromatic nitrogens is 1. The van der Waals surface area contributed by atoms with Gasteiger partial charge in [-0.1, -0.05) is 42.0 Å². The molecule has 2 nitrogen and oxygen atoms in total. The molecular weight excluding hydrogens is 264 g/mol. The summed E-state index contributed by atoms with van der Waals surface area (Å²) in [4.78, 5) is 5.99. The second kappa shape index (κ2) is 5.10. The van der Waals surface area contributed by atoms with Gasteiger partial charge in [0.15, 0.2) is 0 Å². The number of benzene rings is 2. The molecule has 0 atom stereocenters. The van der Waals surface area contributed by atoms with Crippen molar-refractivity contribution in [2.75, 3.05) is 5.73 Å². The lowest BCUT2D eigenvalue weighted by molar-refractivity contribution is 1.36. The summed E-state index contributed by atoms with van der Waals surface area (Å²) in [6.07, 6.45) is 0.